The lowest BCUT2D eigenvalue weighted by atomic mass is 10.2. The highest BCUT2D eigenvalue weighted by atomic mass is 35.5. The average molecular weight is 276 g/mol. The number of hydrogen-bond donors (Lipinski definition) is 1. The van der Waals surface area contributed by atoms with Crippen molar-refractivity contribution in [3.63, 3.8) is 0 Å². The molecule has 0 saturated heterocycles. The second-order valence-corrected chi connectivity index (χ2v) is 4.67. The van der Waals surface area contributed by atoms with Crippen molar-refractivity contribution in [2.45, 2.75) is 19.9 Å². The number of halogens is 1. The molecule has 0 amide bonds. The molecule has 98 valence electrons. The lowest BCUT2D eigenvalue weighted by Gasteiger charge is -2.09. The van der Waals surface area contributed by atoms with Crippen molar-refractivity contribution in [3.05, 3.63) is 40.2 Å². The van der Waals surface area contributed by atoms with Gasteiger partial charge in [-0.05, 0) is 39.1 Å². The molecular weight excluding hydrogens is 262 g/mol. The molecule has 1 aromatic carbocycles. The van der Waals surface area contributed by atoms with Crippen LogP contribution in [-0.2, 0) is 0 Å². The smallest absolute Gasteiger partial charge is 0.103 e. The zero-order chi connectivity index (χ0) is 14.0. The highest BCUT2D eigenvalue weighted by Crippen LogP contribution is 2.24. The maximum atomic E-state index is 8.84. The van der Waals surface area contributed by atoms with Gasteiger partial charge in [0.15, 0.2) is 0 Å². The van der Waals surface area contributed by atoms with Crippen molar-refractivity contribution in [1.29, 1.82) is 5.26 Å². The Morgan fingerprint density at radius 3 is 2.79 bits per heavy atom. The molecule has 0 aliphatic heterocycles. The van der Waals surface area contributed by atoms with Crippen molar-refractivity contribution >= 4 is 11.6 Å². The van der Waals surface area contributed by atoms with Gasteiger partial charge in [0.2, 0.25) is 0 Å². The van der Waals surface area contributed by atoms with Crippen LogP contribution in [0.25, 0.3) is 5.69 Å². The van der Waals surface area contributed by atoms with Crippen LogP contribution in [0.2, 0.25) is 5.02 Å². The van der Waals surface area contributed by atoms with E-state index in [2.05, 4.69) is 21.7 Å². The number of rotatable bonds is 3. The summed E-state index contributed by atoms with van der Waals surface area (Å²) < 4.78 is 1.69. The molecule has 2 rings (SSSR count). The zero-order valence-electron chi connectivity index (χ0n) is 11.0. The fourth-order valence-electron chi connectivity index (χ4n) is 1.85. The van der Waals surface area contributed by atoms with Gasteiger partial charge in [-0.1, -0.05) is 16.8 Å². The monoisotopic (exact) mass is 275 g/mol. The highest BCUT2D eigenvalue weighted by Gasteiger charge is 2.16. The van der Waals surface area contributed by atoms with Crippen LogP contribution in [0.3, 0.4) is 0 Å². The Balaban J connectivity index is 2.49. The third-order valence-electron chi connectivity index (χ3n) is 3.08. The second kappa shape index (κ2) is 5.39. The van der Waals surface area contributed by atoms with E-state index in [1.807, 2.05) is 20.9 Å². The standard InChI is InChI=1S/C13H14ClN5/c1-8(16-3)13-9(2)19(18-17-13)12-5-4-10(7-15)6-11(12)14/h4-6,8,16H,1-3H3. The minimum absolute atomic E-state index is 0.117. The summed E-state index contributed by atoms with van der Waals surface area (Å²) in [6.45, 7) is 3.96. The van der Waals surface area contributed by atoms with Crippen LogP contribution < -0.4 is 5.32 Å². The van der Waals surface area contributed by atoms with Crippen LogP contribution in [0, 0.1) is 18.3 Å². The van der Waals surface area contributed by atoms with Crippen LogP contribution in [0.5, 0.6) is 0 Å². The first-order valence-electron chi connectivity index (χ1n) is 5.88. The van der Waals surface area contributed by atoms with E-state index in [0.29, 0.717) is 10.6 Å². The van der Waals surface area contributed by atoms with Crippen LogP contribution in [0.15, 0.2) is 18.2 Å². The SMILES string of the molecule is CNC(C)c1nnn(-c2ccc(C#N)cc2Cl)c1C. The summed E-state index contributed by atoms with van der Waals surface area (Å²) in [5.41, 5.74) is 3.05. The van der Waals surface area contributed by atoms with Crippen LogP contribution >= 0.6 is 11.6 Å². The maximum absolute atomic E-state index is 8.84. The van der Waals surface area contributed by atoms with Crippen LogP contribution in [0.1, 0.15) is 29.9 Å². The molecule has 0 fully saturated rings. The lowest BCUT2D eigenvalue weighted by molar-refractivity contribution is 0.627. The predicted octanol–water partition coefficient (Wildman–Crippen LogP) is 2.38. The Hall–Kier alpha value is -1.90. The first-order valence-corrected chi connectivity index (χ1v) is 6.25. The molecule has 1 heterocycles. The van der Waals surface area contributed by atoms with Gasteiger partial charge >= 0.3 is 0 Å². The molecule has 0 saturated carbocycles. The number of benzene rings is 1. The Labute approximate surface area is 116 Å². The van der Waals surface area contributed by atoms with E-state index in [-0.39, 0.29) is 6.04 Å². The highest BCUT2D eigenvalue weighted by molar-refractivity contribution is 6.32. The zero-order valence-corrected chi connectivity index (χ0v) is 11.7. The molecule has 1 unspecified atom stereocenters. The molecule has 1 atom stereocenters. The number of nitrogens with zero attached hydrogens (tertiary/aromatic N) is 4. The fraction of sp³-hybridized carbons (Fsp3) is 0.308. The summed E-state index contributed by atoms with van der Waals surface area (Å²) in [6, 6.07) is 7.28. The summed E-state index contributed by atoms with van der Waals surface area (Å²) in [5, 5.41) is 20.7. The Morgan fingerprint density at radius 1 is 1.47 bits per heavy atom. The van der Waals surface area contributed by atoms with Crippen molar-refractivity contribution < 1.29 is 0 Å². The van der Waals surface area contributed by atoms with Crippen LogP contribution in [-0.4, -0.2) is 22.0 Å². The van der Waals surface area contributed by atoms with Gasteiger partial charge < -0.3 is 5.32 Å². The molecule has 1 N–H and O–H groups in total. The van der Waals surface area contributed by atoms with Gasteiger partial charge in [0, 0.05) is 0 Å². The first kappa shape index (κ1) is 13.5. The third-order valence-corrected chi connectivity index (χ3v) is 3.38. The molecule has 0 spiro atoms. The van der Waals surface area contributed by atoms with E-state index in [0.717, 1.165) is 17.1 Å². The molecule has 19 heavy (non-hydrogen) atoms. The molecule has 0 aliphatic rings. The van der Waals surface area contributed by atoms with Crippen LogP contribution in [0.4, 0.5) is 0 Å². The van der Waals surface area contributed by atoms with E-state index in [1.165, 1.54) is 0 Å². The minimum Gasteiger partial charge on any atom is -0.312 e. The summed E-state index contributed by atoms with van der Waals surface area (Å²) in [7, 11) is 1.87. The third kappa shape index (κ3) is 2.46. The van der Waals surface area contributed by atoms with E-state index >= 15 is 0 Å². The van der Waals surface area contributed by atoms with E-state index in [9.17, 15) is 0 Å². The average Bonchev–Trinajstić information content (AvgIpc) is 2.79. The molecule has 0 aliphatic carbocycles. The van der Waals surface area contributed by atoms with Crippen molar-refractivity contribution in [3.8, 4) is 11.8 Å². The Kier molecular flexibility index (Phi) is 3.84. The molecule has 6 heteroatoms. The van der Waals surface area contributed by atoms with Crippen molar-refractivity contribution in [1.82, 2.24) is 20.3 Å². The second-order valence-electron chi connectivity index (χ2n) is 4.26. The van der Waals surface area contributed by atoms with Gasteiger partial charge in [0.1, 0.15) is 5.69 Å². The largest absolute Gasteiger partial charge is 0.312 e. The summed E-state index contributed by atoms with van der Waals surface area (Å²) in [5.74, 6) is 0. The first-order chi connectivity index (χ1) is 9.08. The molecule has 1 aromatic heterocycles. The molecule has 5 nitrogen and oxygen atoms in total. The topological polar surface area (TPSA) is 66.5 Å². The lowest BCUT2D eigenvalue weighted by Crippen LogP contribution is -2.14. The minimum atomic E-state index is 0.117. The molecule has 0 radical (unpaired) electrons. The van der Waals surface area contributed by atoms with Gasteiger partial charge in [0.05, 0.1) is 34.1 Å². The number of nitriles is 1. The van der Waals surface area contributed by atoms with E-state index < -0.39 is 0 Å². The van der Waals surface area contributed by atoms with E-state index in [4.69, 9.17) is 16.9 Å². The molecular formula is C13H14ClN5. The maximum Gasteiger partial charge on any atom is 0.103 e. The normalized spacial score (nSPS) is 12.2. The van der Waals surface area contributed by atoms with Crippen molar-refractivity contribution in [2.24, 2.45) is 0 Å². The number of nitrogens with one attached hydrogen (secondary N) is 1. The van der Waals surface area contributed by atoms with Gasteiger partial charge in [-0.15, -0.1) is 5.10 Å². The fourth-order valence-corrected chi connectivity index (χ4v) is 2.12. The van der Waals surface area contributed by atoms with E-state index in [1.54, 1.807) is 22.9 Å². The van der Waals surface area contributed by atoms with Gasteiger partial charge in [0.25, 0.3) is 0 Å². The predicted molar refractivity (Wildman–Crippen MR) is 73.3 cm³/mol. The van der Waals surface area contributed by atoms with Crippen molar-refractivity contribution in [2.75, 3.05) is 7.05 Å². The Bertz CT molecular complexity index is 641. The molecule has 0 bridgehead atoms. The van der Waals surface area contributed by atoms with Gasteiger partial charge in [-0.2, -0.15) is 5.26 Å². The van der Waals surface area contributed by atoms with Gasteiger partial charge in [-0.25, -0.2) is 4.68 Å². The summed E-state index contributed by atoms with van der Waals surface area (Å²) in [6.07, 6.45) is 0. The molecule has 2 aromatic rings. The quantitative estimate of drug-likeness (QED) is 0.934. The Morgan fingerprint density at radius 2 is 2.21 bits per heavy atom. The van der Waals surface area contributed by atoms with Gasteiger partial charge in [-0.3, -0.25) is 0 Å². The number of aromatic nitrogens is 3. The summed E-state index contributed by atoms with van der Waals surface area (Å²) >= 11 is 6.18. The summed E-state index contributed by atoms with van der Waals surface area (Å²) in [4.78, 5) is 0. The number of hydrogen-bond acceptors (Lipinski definition) is 4.